The van der Waals surface area contributed by atoms with E-state index in [0.717, 1.165) is 16.8 Å². The predicted octanol–water partition coefficient (Wildman–Crippen LogP) is 2.47. The van der Waals surface area contributed by atoms with Crippen molar-refractivity contribution in [2.45, 2.75) is 13.8 Å². The molecule has 92 valence electrons. The van der Waals surface area contributed by atoms with E-state index in [4.69, 9.17) is 18.0 Å². The number of nitrogens with one attached hydrogen (secondary N) is 1. The van der Waals surface area contributed by atoms with E-state index >= 15 is 0 Å². The lowest BCUT2D eigenvalue weighted by atomic mass is 10.1. The minimum absolute atomic E-state index is 0.266. The van der Waals surface area contributed by atoms with Crippen LogP contribution >= 0.6 is 12.2 Å². The van der Waals surface area contributed by atoms with Gasteiger partial charge in [-0.25, -0.2) is 9.97 Å². The maximum Gasteiger partial charge on any atom is 0.227 e. The van der Waals surface area contributed by atoms with E-state index < -0.39 is 0 Å². The molecule has 0 aliphatic rings. The SMILES string of the molecule is Cc1cccc(C)c1Nc1nccc(C(N)=S)n1. The number of aryl methyl sites for hydroxylation is 2. The highest BCUT2D eigenvalue weighted by Gasteiger charge is 2.05. The maximum atomic E-state index is 5.55. The Morgan fingerprint density at radius 2 is 1.89 bits per heavy atom. The lowest BCUT2D eigenvalue weighted by Crippen LogP contribution is -2.13. The van der Waals surface area contributed by atoms with E-state index in [0.29, 0.717) is 11.6 Å². The van der Waals surface area contributed by atoms with E-state index in [-0.39, 0.29) is 4.99 Å². The highest BCUT2D eigenvalue weighted by molar-refractivity contribution is 7.80. The zero-order valence-corrected chi connectivity index (χ0v) is 11.1. The number of nitrogens with two attached hydrogens (primary N) is 1. The van der Waals surface area contributed by atoms with Gasteiger partial charge in [-0.3, -0.25) is 0 Å². The molecular weight excluding hydrogens is 244 g/mol. The zero-order chi connectivity index (χ0) is 13.1. The van der Waals surface area contributed by atoms with Gasteiger partial charge in [-0.15, -0.1) is 0 Å². The first-order chi connectivity index (χ1) is 8.58. The molecule has 0 atom stereocenters. The molecule has 5 heteroatoms. The predicted molar refractivity (Wildman–Crippen MR) is 77.1 cm³/mol. The Morgan fingerprint density at radius 1 is 1.22 bits per heavy atom. The number of benzene rings is 1. The van der Waals surface area contributed by atoms with Crippen molar-refractivity contribution in [2.75, 3.05) is 5.32 Å². The van der Waals surface area contributed by atoms with Gasteiger partial charge in [0.15, 0.2) is 0 Å². The average Bonchev–Trinajstić information content (AvgIpc) is 2.34. The summed E-state index contributed by atoms with van der Waals surface area (Å²) in [5.41, 5.74) is 9.40. The van der Waals surface area contributed by atoms with E-state index in [1.807, 2.05) is 32.0 Å². The maximum absolute atomic E-state index is 5.55. The molecule has 18 heavy (non-hydrogen) atoms. The molecule has 0 aliphatic heterocycles. The lowest BCUT2D eigenvalue weighted by Gasteiger charge is -2.11. The summed E-state index contributed by atoms with van der Waals surface area (Å²) < 4.78 is 0. The number of para-hydroxylation sites is 1. The van der Waals surface area contributed by atoms with Crippen molar-refractivity contribution in [1.82, 2.24) is 9.97 Å². The first-order valence-electron chi connectivity index (χ1n) is 5.54. The fraction of sp³-hybridized carbons (Fsp3) is 0.154. The minimum Gasteiger partial charge on any atom is -0.388 e. The van der Waals surface area contributed by atoms with Gasteiger partial charge in [0.25, 0.3) is 0 Å². The molecule has 0 radical (unpaired) electrons. The van der Waals surface area contributed by atoms with Crippen molar-refractivity contribution in [3.8, 4) is 0 Å². The second-order valence-electron chi connectivity index (χ2n) is 4.02. The van der Waals surface area contributed by atoms with Crippen LogP contribution in [0.2, 0.25) is 0 Å². The van der Waals surface area contributed by atoms with Crippen molar-refractivity contribution >= 4 is 28.8 Å². The normalized spacial score (nSPS) is 10.1. The van der Waals surface area contributed by atoms with Gasteiger partial charge in [0.2, 0.25) is 5.95 Å². The van der Waals surface area contributed by atoms with E-state index in [9.17, 15) is 0 Å². The van der Waals surface area contributed by atoms with Crippen LogP contribution in [0.1, 0.15) is 16.8 Å². The molecule has 0 bridgehead atoms. The zero-order valence-electron chi connectivity index (χ0n) is 10.3. The summed E-state index contributed by atoms with van der Waals surface area (Å²) in [6.45, 7) is 4.07. The van der Waals surface area contributed by atoms with Crippen molar-refractivity contribution in [3.63, 3.8) is 0 Å². The quantitative estimate of drug-likeness (QED) is 0.828. The second kappa shape index (κ2) is 5.10. The summed E-state index contributed by atoms with van der Waals surface area (Å²) in [6, 6.07) is 7.78. The summed E-state index contributed by atoms with van der Waals surface area (Å²) in [6.07, 6.45) is 1.64. The summed E-state index contributed by atoms with van der Waals surface area (Å²) >= 11 is 4.90. The minimum atomic E-state index is 0.266. The van der Waals surface area contributed by atoms with Gasteiger partial charge in [-0.1, -0.05) is 30.4 Å². The van der Waals surface area contributed by atoms with Crippen LogP contribution in [0.25, 0.3) is 0 Å². The Hall–Kier alpha value is -2.01. The third kappa shape index (κ3) is 2.62. The topological polar surface area (TPSA) is 63.8 Å². The van der Waals surface area contributed by atoms with Gasteiger partial charge < -0.3 is 11.1 Å². The first-order valence-corrected chi connectivity index (χ1v) is 5.95. The van der Waals surface area contributed by atoms with E-state index in [1.165, 1.54) is 0 Å². The van der Waals surface area contributed by atoms with Crippen LogP contribution in [-0.2, 0) is 0 Å². The standard InChI is InChI=1S/C13H14N4S/c1-8-4-3-5-9(2)11(8)17-13-15-7-6-10(16-13)12(14)18/h3-7H,1-2H3,(H2,14,18)(H,15,16,17). The molecule has 1 aromatic heterocycles. The average molecular weight is 258 g/mol. The summed E-state index contributed by atoms with van der Waals surface area (Å²) in [5.74, 6) is 0.498. The molecule has 0 aliphatic carbocycles. The smallest absolute Gasteiger partial charge is 0.227 e. The van der Waals surface area contributed by atoms with Crippen molar-refractivity contribution < 1.29 is 0 Å². The first kappa shape index (κ1) is 12.4. The van der Waals surface area contributed by atoms with Crippen LogP contribution in [0.5, 0.6) is 0 Å². The second-order valence-corrected chi connectivity index (χ2v) is 4.46. The largest absolute Gasteiger partial charge is 0.388 e. The Bertz CT molecular complexity index is 575. The van der Waals surface area contributed by atoms with Gasteiger partial charge in [0.1, 0.15) is 10.7 Å². The van der Waals surface area contributed by atoms with Gasteiger partial charge in [-0.05, 0) is 31.0 Å². The molecular formula is C13H14N4S. The molecule has 0 amide bonds. The Balaban J connectivity index is 2.34. The van der Waals surface area contributed by atoms with Gasteiger partial charge in [-0.2, -0.15) is 0 Å². The lowest BCUT2D eigenvalue weighted by molar-refractivity contribution is 1.14. The Morgan fingerprint density at radius 3 is 2.50 bits per heavy atom. The van der Waals surface area contributed by atoms with Crippen LogP contribution in [0.15, 0.2) is 30.5 Å². The molecule has 4 nitrogen and oxygen atoms in total. The third-order valence-corrected chi connectivity index (χ3v) is 2.84. The molecule has 2 rings (SSSR count). The molecule has 0 saturated carbocycles. The number of nitrogens with zero attached hydrogens (tertiary/aromatic N) is 2. The summed E-state index contributed by atoms with van der Waals surface area (Å²) in [7, 11) is 0. The van der Waals surface area contributed by atoms with Crippen LogP contribution in [0, 0.1) is 13.8 Å². The number of rotatable bonds is 3. The fourth-order valence-electron chi connectivity index (χ4n) is 1.68. The molecule has 2 aromatic rings. The van der Waals surface area contributed by atoms with Gasteiger partial charge >= 0.3 is 0 Å². The molecule has 0 unspecified atom stereocenters. The van der Waals surface area contributed by atoms with E-state index in [2.05, 4.69) is 15.3 Å². The third-order valence-electron chi connectivity index (χ3n) is 2.63. The molecule has 0 spiro atoms. The Kier molecular flexibility index (Phi) is 3.53. The van der Waals surface area contributed by atoms with Crippen molar-refractivity contribution in [2.24, 2.45) is 5.73 Å². The van der Waals surface area contributed by atoms with E-state index in [1.54, 1.807) is 12.3 Å². The summed E-state index contributed by atoms with van der Waals surface area (Å²) in [4.78, 5) is 8.69. The molecule has 0 saturated heterocycles. The van der Waals surface area contributed by atoms with Crippen molar-refractivity contribution in [1.29, 1.82) is 0 Å². The fourth-order valence-corrected chi connectivity index (χ4v) is 1.79. The molecule has 3 N–H and O–H groups in total. The number of hydrogen-bond donors (Lipinski definition) is 2. The van der Waals surface area contributed by atoms with Crippen LogP contribution in [-0.4, -0.2) is 15.0 Å². The number of aromatic nitrogens is 2. The van der Waals surface area contributed by atoms with Gasteiger partial charge in [0.05, 0.1) is 0 Å². The Labute approximate surface area is 111 Å². The highest BCUT2D eigenvalue weighted by Crippen LogP contribution is 2.22. The summed E-state index contributed by atoms with van der Waals surface area (Å²) in [5, 5.41) is 3.20. The molecule has 0 fully saturated rings. The van der Waals surface area contributed by atoms with Gasteiger partial charge in [0, 0.05) is 11.9 Å². The number of anilines is 2. The van der Waals surface area contributed by atoms with Crippen LogP contribution < -0.4 is 11.1 Å². The molecule has 1 aromatic carbocycles. The van der Waals surface area contributed by atoms with Crippen molar-refractivity contribution in [3.05, 3.63) is 47.3 Å². The number of hydrogen-bond acceptors (Lipinski definition) is 4. The number of thiocarbonyl (C=S) groups is 1. The highest BCUT2D eigenvalue weighted by atomic mass is 32.1. The van der Waals surface area contributed by atoms with Crippen LogP contribution in [0.4, 0.5) is 11.6 Å². The van der Waals surface area contributed by atoms with Crippen LogP contribution in [0.3, 0.4) is 0 Å². The molecule has 1 heterocycles. The monoisotopic (exact) mass is 258 g/mol.